The van der Waals surface area contributed by atoms with E-state index in [2.05, 4.69) is 17.3 Å². The van der Waals surface area contributed by atoms with E-state index in [9.17, 15) is 0 Å². The number of hydrogen-bond acceptors (Lipinski definition) is 2. The first-order valence-corrected chi connectivity index (χ1v) is 4.20. The van der Waals surface area contributed by atoms with Crippen LogP contribution in [-0.2, 0) is 0 Å². The Morgan fingerprint density at radius 2 is 2.20 bits per heavy atom. The summed E-state index contributed by atoms with van der Waals surface area (Å²) in [5.41, 5.74) is 0.688. The third-order valence-electron chi connectivity index (χ3n) is 2.90. The van der Waals surface area contributed by atoms with Crippen molar-refractivity contribution < 1.29 is 0 Å². The van der Waals surface area contributed by atoms with Crippen LogP contribution < -0.4 is 5.32 Å². The minimum absolute atomic E-state index is 0.688. The van der Waals surface area contributed by atoms with Crippen molar-refractivity contribution >= 4 is 0 Å². The summed E-state index contributed by atoms with van der Waals surface area (Å²) in [5.74, 6) is 0. The van der Waals surface area contributed by atoms with E-state index < -0.39 is 0 Å². The zero-order valence-corrected chi connectivity index (χ0v) is 6.69. The second kappa shape index (κ2) is 2.21. The molecule has 0 aromatic rings. The molecular weight excluding hydrogens is 124 g/mol. The zero-order valence-electron chi connectivity index (χ0n) is 6.69. The molecule has 10 heavy (non-hydrogen) atoms. The van der Waals surface area contributed by atoms with Crippen LogP contribution in [0.2, 0.25) is 0 Å². The molecule has 0 amide bonds. The number of rotatable bonds is 0. The molecule has 2 nitrogen and oxygen atoms in total. The Labute approximate surface area is 62.6 Å². The summed E-state index contributed by atoms with van der Waals surface area (Å²) >= 11 is 0. The Morgan fingerprint density at radius 1 is 1.40 bits per heavy atom. The summed E-state index contributed by atoms with van der Waals surface area (Å²) in [6, 6.07) is 0. The smallest absolute Gasteiger partial charge is 0.0478 e. The summed E-state index contributed by atoms with van der Waals surface area (Å²) in [6.45, 7) is 3.67. The largest absolute Gasteiger partial charge is 0.304 e. The molecule has 1 saturated heterocycles. The third-order valence-corrected chi connectivity index (χ3v) is 2.90. The molecule has 2 heteroatoms. The first kappa shape index (κ1) is 6.62. The van der Waals surface area contributed by atoms with Gasteiger partial charge in [0.2, 0.25) is 0 Å². The number of nitrogens with zero attached hydrogens (tertiary/aromatic N) is 1. The van der Waals surface area contributed by atoms with E-state index in [-0.39, 0.29) is 0 Å². The summed E-state index contributed by atoms with van der Waals surface area (Å²) < 4.78 is 0. The standard InChI is InChI=1S/C8H16N2/c1-10-6-8(3-2-4-8)5-9-7-10/h9H,2-7H2,1H3. The fraction of sp³-hybridized carbons (Fsp3) is 1.00. The van der Waals surface area contributed by atoms with Gasteiger partial charge in [-0.15, -0.1) is 0 Å². The van der Waals surface area contributed by atoms with Crippen molar-refractivity contribution in [3.05, 3.63) is 0 Å². The van der Waals surface area contributed by atoms with E-state index in [1.165, 1.54) is 32.4 Å². The Bertz CT molecular complexity index is 129. The van der Waals surface area contributed by atoms with Crippen LogP contribution >= 0.6 is 0 Å². The highest BCUT2D eigenvalue weighted by molar-refractivity contribution is 4.93. The molecule has 0 bridgehead atoms. The van der Waals surface area contributed by atoms with Gasteiger partial charge in [-0.1, -0.05) is 6.42 Å². The van der Waals surface area contributed by atoms with Crippen LogP contribution in [0.15, 0.2) is 0 Å². The van der Waals surface area contributed by atoms with Gasteiger partial charge in [0, 0.05) is 19.8 Å². The lowest BCUT2D eigenvalue weighted by Crippen LogP contribution is -2.55. The second-order valence-corrected chi connectivity index (χ2v) is 3.95. The maximum atomic E-state index is 3.45. The van der Waals surface area contributed by atoms with Crippen molar-refractivity contribution in [1.82, 2.24) is 10.2 Å². The monoisotopic (exact) mass is 140 g/mol. The summed E-state index contributed by atoms with van der Waals surface area (Å²) in [7, 11) is 2.20. The van der Waals surface area contributed by atoms with Gasteiger partial charge in [-0.3, -0.25) is 4.90 Å². The summed E-state index contributed by atoms with van der Waals surface area (Å²) in [4.78, 5) is 2.39. The van der Waals surface area contributed by atoms with Gasteiger partial charge in [-0.05, 0) is 25.3 Å². The molecule has 0 radical (unpaired) electrons. The molecular formula is C8H16N2. The van der Waals surface area contributed by atoms with Crippen LogP contribution in [0.25, 0.3) is 0 Å². The van der Waals surface area contributed by atoms with E-state index in [0.717, 1.165) is 6.67 Å². The first-order valence-electron chi connectivity index (χ1n) is 4.20. The molecule has 1 aliphatic heterocycles. The molecule has 1 saturated carbocycles. The van der Waals surface area contributed by atoms with Crippen molar-refractivity contribution in [1.29, 1.82) is 0 Å². The molecule has 0 aromatic heterocycles. The fourth-order valence-corrected chi connectivity index (χ4v) is 2.21. The molecule has 0 atom stereocenters. The predicted molar refractivity (Wildman–Crippen MR) is 41.8 cm³/mol. The van der Waals surface area contributed by atoms with Gasteiger partial charge in [-0.25, -0.2) is 0 Å². The van der Waals surface area contributed by atoms with Crippen molar-refractivity contribution in [3.8, 4) is 0 Å². The molecule has 1 aliphatic carbocycles. The van der Waals surface area contributed by atoms with Gasteiger partial charge < -0.3 is 5.32 Å². The topological polar surface area (TPSA) is 15.3 Å². The van der Waals surface area contributed by atoms with Crippen LogP contribution in [0.4, 0.5) is 0 Å². The van der Waals surface area contributed by atoms with Crippen molar-refractivity contribution in [2.45, 2.75) is 19.3 Å². The van der Waals surface area contributed by atoms with E-state index in [0.29, 0.717) is 5.41 Å². The molecule has 2 aliphatic rings. The minimum Gasteiger partial charge on any atom is -0.304 e. The predicted octanol–water partition coefficient (Wildman–Crippen LogP) is 0.649. The third kappa shape index (κ3) is 0.956. The van der Waals surface area contributed by atoms with E-state index in [1.807, 2.05) is 0 Å². The van der Waals surface area contributed by atoms with Crippen LogP contribution in [0.1, 0.15) is 19.3 Å². The quantitative estimate of drug-likeness (QED) is 0.531. The van der Waals surface area contributed by atoms with Gasteiger partial charge in [-0.2, -0.15) is 0 Å². The maximum Gasteiger partial charge on any atom is 0.0478 e. The molecule has 1 heterocycles. The van der Waals surface area contributed by atoms with Crippen LogP contribution in [0.5, 0.6) is 0 Å². The normalized spacial score (nSPS) is 32.1. The highest BCUT2D eigenvalue weighted by Gasteiger charge is 2.39. The van der Waals surface area contributed by atoms with Crippen molar-refractivity contribution in [3.63, 3.8) is 0 Å². The lowest BCUT2D eigenvalue weighted by atomic mass is 9.68. The van der Waals surface area contributed by atoms with Gasteiger partial charge >= 0.3 is 0 Å². The minimum atomic E-state index is 0.688. The lowest BCUT2D eigenvalue weighted by Gasteiger charge is -2.48. The molecule has 0 unspecified atom stereocenters. The Kier molecular flexibility index (Phi) is 1.46. The van der Waals surface area contributed by atoms with Gasteiger partial charge in [0.1, 0.15) is 0 Å². The summed E-state index contributed by atoms with van der Waals surface area (Å²) in [6.07, 6.45) is 4.35. The van der Waals surface area contributed by atoms with Crippen LogP contribution in [-0.4, -0.2) is 31.7 Å². The summed E-state index contributed by atoms with van der Waals surface area (Å²) in [5, 5.41) is 3.45. The highest BCUT2D eigenvalue weighted by atomic mass is 15.2. The molecule has 2 rings (SSSR count). The zero-order chi connectivity index (χ0) is 7.03. The first-order chi connectivity index (χ1) is 4.81. The molecule has 2 fully saturated rings. The Balaban J connectivity index is 1.96. The van der Waals surface area contributed by atoms with E-state index in [1.54, 1.807) is 0 Å². The maximum absolute atomic E-state index is 3.45. The average molecular weight is 140 g/mol. The SMILES string of the molecule is CN1CNCC2(CCC2)C1. The molecule has 1 spiro atoms. The Morgan fingerprint density at radius 3 is 2.60 bits per heavy atom. The van der Waals surface area contributed by atoms with E-state index >= 15 is 0 Å². The van der Waals surface area contributed by atoms with Gasteiger partial charge in [0.05, 0.1) is 0 Å². The highest BCUT2D eigenvalue weighted by Crippen LogP contribution is 2.41. The Hall–Kier alpha value is -0.0800. The average Bonchev–Trinajstić information content (AvgIpc) is 1.85. The molecule has 1 N–H and O–H groups in total. The van der Waals surface area contributed by atoms with E-state index in [4.69, 9.17) is 0 Å². The number of nitrogens with one attached hydrogen (secondary N) is 1. The molecule has 0 aromatic carbocycles. The fourth-order valence-electron chi connectivity index (χ4n) is 2.21. The number of hydrogen-bond donors (Lipinski definition) is 1. The van der Waals surface area contributed by atoms with Crippen molar-refractivity contribution in [2.24, 2.45) is 5.41 Å². The van der Waals surface area contributed by atoms with Crippen molar-refractivity contribution in [2.75, 3.05) is 26.8 Å². The molecule has 58 valence electrons. The van der Waals surface area contributed by atoms with Crippen LogP contribution in [0.3, 0.4) is 0 Å². The van der Waals surface area contributed by atoms with Gasteiger partial charge in [0.15, 0.2) is 0 Å². The van der Waals surface area contributed by atoms with Gasteiger partial charge in [0.25, 0.3) is 0 Å². The van der Waals surface area contributed by atoms with Crippen LogP contribution in [0, 0.1) is 5.41 Å². The second-order valence-electron chi connectivity index (χ2n) is 3.95. The lowest BCUT2D eigenvalue weighted by molar-refractivity contribution is 0.0369.